The fourth-order valence-electron chi connectivity index (χ4n) is 1.35. The van der Waals surface area contributed by atoms with Crippen molar-refractivity contribution in [2.24, 2.45) is 0 Å². The molecule has 1 rings (SSSR count). The summed E-state index contributed by atoms with van der Waals surface area (Å²) >= 11 is 0. The average Bonchev–Trinajstić information content (AvgIpc) is 2.34. The Morgan fingerprint density at radius 3 is 2.75 bits per heavy atom. The van der Waals surface area contributed by atoms with Gasteiger partial charge in [0.1, 0.15) is 6.07 Å². The number of rotatable bonds is 6. The van der Waals surface area contributed by atoms with Crippen LogP contribution in [0.5, 0.6) is 0 Å². The molecule has 0 bridgehead atoms. The van der Waals surface area contributed by atoms with Crippen molar-refractivity contribution in [1.29, 1.82) is 5.26 Å². The van der Waals surface area contributed by atoms with Crippen molar-refractivity contribution in [3.8, 4) is 6.07 Å². The quantitative estimate of drug-likeness (QED) is 0.791. The molecule has 0 heterocycles. The normalized spacial score (nSPS) is 11.8. The first-order valence-corrected chi connectivity index (χ1v) is 5.06. The number of benzene rings is 1. The summed E-state index contributed by atoms with van der Waals surface area (Å²) in [6.07, 6.45) is -0.0169. The fraction of sp³-hybridized carbons (Fsp3) is 0.417. The van der Waals surface area contributed by atoms with Crippen molar-refractivity contribution in [2.45, 2.75) is 6.10 Å². The lowest BCUT2D eigenvalue weighted by molar-refractivity contribution is 0.0365. The Bertz CT molecular complexity index is 360. The van der Waals surface area contributed by atoms with Crippen molar-refractivity contribution in [2.75, 3.05) is 32.7 Å². The van der Waals surface area contributed by atoms with Gasteiger partial charge in [0.05, 0.1) is 24.0 Å². The molecule has 0 fully saturated rings. The van der Waals surface area contributed by atoms with E-state index < -0.39 is 0 Å². The Labute approximate surface area is 95.8 Å². The molecular formula is C12H16N2O2. The van der Waals surface area contributed by atoms with Crippen LogP contribution in [0.4, 0.5) is 5.69 Å². The minimum absolute atomic E-state index is 0.0169. The molecule has 1 aromatic carbocycles. The van der Waals surface area contributed by atoms with E-state index >= 15 is 0 Å². The first-order chi connectivity index (χ1) is 7.81. The highest BCUT2D eigenvalue weighted by Gasteiger charge is 2.07. The molecule has 0 saturated carbocycles. The van der Waals surface area contributed by atoms with Gasteiger partial charge in [-0.2, -0.15) is 5.26 Å². The molecule has 0 saturated heterocycles. The average molecular weight is 220 g/mol. The fourth-order valence-corrected chi connectivity index (χ4v) is 1.35. The maximum atomic E-state index is 8.90. The Balaban J connectivity index is 2.56. The third-order valence-electron chi connectivity index (χ3n) is 2.25. The lowest BCUT2D eigenvalue weighted by Gasteiger charge is -2.16. The molecule has 86 valence electrons. The molecule has 4 heteroatoms. The number of anilines is 1. The van der Waals surface area contributed by atoms with Crippen LogP contribution in [0.15, 0.2) is 24.3 Å². The van der Waals surface area contributed by atoms with E-state index in [9.17, 15) is 0 Å². The van der Waals surface area contributed by atoms with Crippen LogP contribution in [0, 0.1) is 11.3 Å². The van der Waals surface area contributed by atoms with Gasteiger partial charge in [-0.05, 0) is 12.1 Å². The number of nitriles is 1. The molecule has 0 amide bonds. The highest BCUT2D eigenvalue weighted by Crippen LogP contribution is 2.13. The molecule has 4 nitrogen and oxygen atoms in total. The predicted octanol–water partition coefficient (Wildman–Crippen LogP) is 1.63. The number of nitrogens with one attached hydrogen (secondary N) is 1. The standard InChI is InChI=1S/C12H16N2O2/c1-15-9-11(16-2)8-14-12-6-4-3-5-10(12)7-13/h3-6,11,14H,8-9H2,1-2H3. The molecule has 1 aromatic rings. The van der Waals surface area contributed by atoms with Crippen molar-refractivity contribution in [3.63, 3.8) is 0 Å². The lowest BCUT2D eigenvalue weighted by atomic mass is 10.2. The van der Waals surface area contributed by atoms with Gasteiger partial charge in [0.15, 0.2) is 0 Å². The van der Waals surface area contributed by atoms with E-state index in [2.05, 4.69) is 11.4 Å². The third kappa shape index (κ3) is 3.54. The number of para-hydroxylation sites is 1. The number of ether oxygens (including phenoxy) is 2. The maximum Gasteiger partial charge on any atom is 0.101 e. The predicted molar refractivity (Wildman–Crippen MR) is 62.3 cm³/mol. The van der Waals surface area contributed by atoms with Crippen LogP contribution in [0.2, 0.25) is 0 Å². The van der Waals surface area contributed by atoms with Gasteiger partial charge < -0.3 is 14.8 Å². The monoisotopic (exact) mass is 220 g/mol. The summed E-state index contributed by atoms with van der Waals surface area (Å²) in [6.45, 7) is 1.14. The number of hydrogen-bond donors (Lipinski definition) is 1. The summed E-state index contributed by atoms with van der Waals surface area (Å²) in [5.74, 6) is 0. The van der Waals surface area contributed by atoms with Gasteiger partial charge in [-0.1, -0.05) is 12.1 Å². The van der Waals surface area contributed by atoms with Crippen molar-refractivity contribution in [3.05, 3.63) is 29.8 Å². The van der Waals surface area contributed by atoms with Gasteiger partial charge in [-0.3, -0.25) is 0 Å². The lowest BCUT2D eigenvalue weighted by Crippen LogP contribution is -2.26. The Morgan fingerprint density at radius 2 is 2.12 bits per heavy atom. The third-order valence-corrected chi connectivity index (χ3v) is 2.25. The van der Waals surface area contributed by atoms with Gasteiger partial charge in [-0.15, -0.1) is 0 Å². The highest BCUT2D eigenvalue weighted by atomic mass is 16.5. The maximum absolute atomic E-state index is 8.90. The minimum Gasteiger partial charge on any atom is -0.382 e. The summed E-state index contributed by atoms with van der Waals surface area (Å²) in [4.78, 5) is 0. The van der Waals surface area contributed by atoms with E-state index in [0.717, 1.165) is 5.69 Å². The Morgan fingerprint density at radius 1 is 1.38 bits per heavy atom. The van der Waals surface area contributed by atoms with Crippen molar-refractivity contribution >= 4 is 5.69 Å². The summed E-state index contributed by atoms with van der Waals surface area (Å²) in [5, 5.41) is 12.1. The van der Waals surface area contributed by atoms with Crippen LogP contribution >= 0.6 is 0 Å². The smallest absolute Gasteiger partial charge is 0.101 e. The van der Waals surface area contributed by atoms with Crippen LogP contribution in [-0.2, 0) is 9.47 Å². The van der Waals surface area contributed by atoms with Crippen LogP contribution in [-0.4, -0.2) is 33.5 Å². The molecule has 0 aliphatic rings. The van der Waals surface area contributed by atoms with Crippen LogP contribution < -0.4 is 5.32 Å². The van der Waals surface area contributed by atoms with E-state index in [-0.39, 0.29) is 6.10 Å². The summed E-state index contributed by atoms with van der Waals surface area (Å²) in [6, 6.07) is 9.52. The SMILES string of the molecule is COCC(CNc1ccccc1C#N)OC. The van der Waals surface area contributed by atoms with E-state index in [4.69, 9.17) is 14.7 Å². The molecule has 1 atom stereocenters. The molecule has 16 heavy (non-hydrogen) atoms. The first-order valence-electron chi connectivity index (χ1n) is 5.06. The molecule has 0 radical (unpaired) electrons. The van der Waals surface area contributed by atoms with Gasteiger partial charge >= 0.3 is 0 Å². The summed E-state index contributed by atoms with van der Waals surface area (Å²) < 4.78 is 10.2. The van der Waals surface area contributed by atoms with Crippen LogP contribution in [0.1, 0.15) is 5.56 Å². The molecule has 0 aromatic heterocycles. The summed E-state index contributed by atoms with van der Waals surface area (Å²) in [5.41, 5.74) is 1.46. The number of hydrogen-bond acceptors (Lipinski definition) is 4. The summed E-state index contributed by atoms with van der Waals surface area (Å²) in [7, 11) is 3.27. The molecule has 0 aliphatic carbocycles. The zero-order valence-corrected chi connectivity index (χ0v) is 9.56. The zero-order valence-electron chi connectivity index (χ0n) is 9.56. The topological polar surface area (TPSA) is 54.3 Å². The van der Waals surface area contributed by atoms with Gasteiger partial charge in [0.25, 0.3) is 0 Å². The van der Waals surface area contributed by atoms with E-state index in [1.807, 2.05) is 18.2 Å². The Kier molecular flexibility index (Phi) is 5.34. The van der Waals surface area contributed by atoms with Gasteiger partial charge in [-0.25, -0.2) is 0 Å². The molecule has 1 N–H and O–H groups in total. The second kappa shape index (κ2) is 6.83. The van der Waals surface area contributed by atoms with Crippen molar-refractivity contribution in [1.82, 2.24) is 0 Å². The highest BCUT2D eigenvalue weighted by molar-refractivity contribution is 5.57. The van der Waals surface area contributed by atoms with Crippen LogP contribution in [0.25, 0.3) is 0 Å². The van der Waals surface area contributed by atoms with E-state index in [1.54, 1.807) is 20.3 Å². The van der Waals surface area contributed by atoms with Gasteiger partial charge in [0.2, 0.25) is 0 Å². The molecule has 1 unspecified atom stereocenters. The second-order valence-electron chi connectivity index (χ2n) is 3.35. The molecule has 0 spiro atoms. The van der Waals surface area contributed by atoms with E-state index in [0.29, 0.717) is 18.7 Å². The Hall–Kier alpha value is -1.57. The largest absolute Gasteiger partial charge is 0.382 e. The number of methoxy groups -OCH3 is 2. The van der Waals surface area contributed by atoms with Crippen LogP contribution in [0.3, 0.4) is 0 Å². The molecular weight excluding hydrogens is 204 g/mol. The minimum atomic E-state index is -0.0169. The second-order valence-corrected chi connectivity index (χ2v) is 3.35. The van der Waals surface area contributed by atoms with Crippen molar-refractivity contribution < 1.29 is 9.47 Å². The first kappa shape index (κ1) is 12.5. The van der Waals surface area contributed by atoms with Gasteiger partial charge in [0, 0.05) is 20.8 Å². The number of nitrogens with zero attached hydrogens (tertiary/aromatic N) is 1. The van der Waals surface area contributed by atoms with E-state index in [1.165, 1.54) is 0 Å². The molecule has 0 aliphatic heterocycles. The zero-order chi connectivity index (χ0) is 11.8.